The number of benzene rings is 1. The summed E-state index contributed by atoms with van der Waals surface area (Å²) in [5.41, 5.74) is 0.776. The van der Waals surface area contributed by atoms with E-state index in [-0.39, 0.29) is 0 Å². The summed E-state index contributed by atoms with van der Waals surface area (Å²) in [5.74, 6) is 0. The molecule has 0 aliphatic carbocycles. The van der Waals surface area contributed by atoms with Crippen LogP contribution >= 0.6 is 0 Å². The van der Waals surface area contributed by atoms with Gasteiger partial charge in [0, 0.05) is 18.8 Å². The van der Waals surface area contributed by atoms with Gasteiger partial charge in [-0.05, 0) is 37.7 Å². The molecule has 2 nitrogen and oxygen atoms in total. The van der Waals surface area contributed by atoms with Crippen LogP contribution in [0.15, 0.2) is 18.2 Å². The second-order valence-electron chi connectivity index (χ2n) is 4.48. The lowest BCUT2D eigenvalue weighted by Crippen LogP contribution is -2.28. The summed E-state index contributed by atoms with van der Waals surface area (Å²) >= 11 is 0. The minimum atomic E-state index is -4.29. The first-order chi connectivity index (χ1) is 8.88. The van der Waals surface area contributed by atoms with Gasteiger partial charge in [-0.1, -0.05) is 19.9 Å². The summed E-state index contributed by atoms with van der Waals surface area (Å²) in [6, 6.07) is 3.80. The highest BCUT2D eigenvalue weighted by Crippen LogP contribution is 2.31. The van der Waals surface area contributed by atoms with Crippen molar-refractivity contribution in [3.05, 3.63) is 29.3 Å². The molecule has 0 fully saturated rings. The molecule has 1 aromatic carbocycles. The Hall–Kier alpha value is -1.23. The molecule has 0 saturated carbocycles. The van der Waals surface area contributed by atoms with Crippen molar-refractivity contribution in [2.24, 2.45) is 0 Å². The number of rotatable bonds is 6. The molecule has 0 spiro atoms. The Balaban J connectivity index is 2.67. The van der Waals surface area contributed by atoms with Crippen molar-refractivity contribution in [2.75, 3.05) is 31.5 Å². The number of hydrogen-bond donors (Lipinski definition) is 1. The molecule has 1 rings (SSSR count). The Morgan fingerprint density at radius 2 is 1.79 bits per heavy atom. The Morgan fingerprint density at radius 1 is 1.16 bits per heavy atom. The SMILES string of the molecule is CCN(CC)CCNc1cc(C(F)(F)F)ccc1C. The molecule has 5 heteroatoms. The van der Waals surface area contributed by atoms with E-state index in [1.165, 1.54) is 12.1 Å². The third-order valence-corrected chi connectivity index (χ3v) is 3.20. The molecule has 0 radical (unpaired) electrons. The smallest absolute Gasteiger partial charge is 0.384 e. The van der Waals surface area contributed by atoms with E-state index >= 15 is 0 Å². The van der Waals surface area contributed by atoms with Crippen LogP contribution in [-0.2, 0) is 6.18 Å². The zero-order chi connectivity index (χ0) is 14.5. The highest BCUT2D eigenvalue weighted by Gasteiger charge is 2.30. The van der Waals surface area contributed by atoms with Crippen molar-refractivity contribution >= 4 is 5.69 Å². The summed E-state index contributed by atoms with van der Waals surface area (Å²) in [5, 5.41) is 3.08. The van der Waals surface area contributed by atoms with Crippen LogP contribution in [0, 0.1) is 6.92 Å². The maximum Gasteiger partial charge on any atom is 0.416 e. The lowest BCUT2D eigenvalue weighted by Gasteiger charge is -2.19. The standard InChI is InChI=1S/C14H21F3N2/c1-4-19(5-2)9-8-18-13-10-12(14(15,16)17)7-6-11(13)3/h6-7,10,18H,4-5,8-9H2,1-3H3. The predicted molar refractivity (Wildman–Crippen MR) is 72.5 cm³/mol. The maximum atomic E-state index is 12.6. The fourth-order valence-electron chi connectivity index (χ4n) is 1.88. The lowest BCUT2D eigenvalue weighted by atomic mass is 10.1. The van der Waals surface area contributed by atoms with E-state index in [9.17, 15) is 13.2 Å². The summed E-state index contributed by atoms with van der Waals surface area (Å²) in [6.45, 7) is 9.30. The van der Waals surface area contributed by atoms with Crippen LogP contribution in [0.3, 0.4) is 0 Å². The van der Waals surface area contributed by atoms with Gasteiger partial charge in [-0.2, -0.15) is 13.2 Å². The first-order valence-electron chi connectivity index (χ1n) is 6.52. The van der Waals surface area contributed by atoms with Crippen LogP contribution in [0.1, 0.15) is 25.0 Å². The van der Waals surface area contributed by atoms with Crippen molar-refractivity contribution in [1.29, 1.82) is 0 Å². The summed E-state index contributed by atoms with van der Waals surface area (Å²) in [4.78, 5) is 2.22. The third-order valence-electron chi connectivity index (χ3n) is 3.20. The lowest BCUT2D eigenvalue weighted by molar-refractivity contribution is -0.137. The van der Waals surface area contributed by atoms with E-state index in [1.807, 2.05) is 0 Å². The fourth-order valence-corrected chi connectivity index (χ4v) is 1.88. The molecule has 19 heavy (non-hydrogen) atoms. The number of nitrogens with one attached hydrogen (secondary N) is 1. The molecule has 0 saturated heterocycles. The Labute approximate surface area is 112 Å². The van der Waals surface area contributed by atoms with E-state index in [1.54, 1.807) is 6.92 Å². The minimum absolute atomic E-state index is 0.557. The summed E-state index contributed by atoms with van der Waals surface area (Å²) < 4.78 is 37.9. The van der Waals surface area contributed by atoms with Gasteiger partial charge in [-0.15, -0.1) is 0 Å². The van der Waals surface area contributed by atoms with E-state index in [0.29, 0.717) is 12.2 Å². The number of hydrogen-bond acceptors (Lipinski definition) is 2. The maximum absolute atomic E-state index is 12.6. The normalized spacial score (nSPS) is 11.9. The topological polar surface area (TPSA) is 15.3 Å². The van der Waals surface area contributed by atoms with Crippen LogP contribution in [0.4, 0.5) is 18.9 Å². The van der Waals surface area contributed by atoms with Crippen molar-refractivity contribution in [1.82, 2.24) is 4.90 Å². The highest BCUT2D eigenvalue weighted by molar-refractivity contribution is 5.53. The van der Waals surface area contributed by atoms with Crippen molar-refractivity contribution in [3.8, 4) is 0 Å². The van der Waals surface area contributed by atoms with Crippen LogP contribution in [-0.4, -0.2) is 31.1 Å². The largest absolute Gasteiger partial charge is 0.416 e. The molecule has 0 heterocycles. The number of nitrogens with zero attached hydrogens (tertiary/aromatic N) is 1. The number of halogens is 3. The van der Waals surface area contributed by atoms with Gasteiger partial charge in [0.2, 0.25) is 0 Å². The van der Waals surface area contributed by atoms with Gasteiger partial charge >= 0.3 is 6.18 Å². The molecule has 1 aromatic rings. The first-order valence-corrected chi connectivity index (χ1v) is 6.52. The Morgan fingerprint density at radius 3 is 2.32 bits per heavy atom. The molecule has 1 N–H and O–H groups in total. The van der Waals surface area contributed by atoms with Crippen LogP contribution in [0.2, 0.25) is 0 Å². The second kappa shape index (κ2) is 6.80. The molecular weight excluding hydrogens is 253 g/mol. The molecule has 0 unspecified atom stereocenters. The van der Waals surface area contributed by atoms with Gasteiger partial charge in [0.1, 0.15) is 0 Å². The zero-order valence-corrected chi connectivity index (χ0v) is 11.6. The summed E-state index contributed by atoms with van der Waals surface area (Å²) in [6.07, 6.45) is -4.29. The molecule has 108 valence electrons. The molecular formula is C14H21F3N2. The van der Waals surface area contributed by atoms with E-state index in [4.69, 9.17) is 0 Å². The van der Waals surface area contributed by atoms with Gasteiger partial charge in [0.25, 0.3) is 0 Å². The zero-order valence-electron chi connectivity index (χ0n) is 11.6. The van der Waals surface area contributed by atoms with Gasteiger partial charge in [-0.3, -0.25) is 0 Å². The number of alkyl halides is 3. The van der Waals surface area contributed by atoms with Gasteiger partial charge in [-0.25, -0.2) is 0 Å². The molecule has 0 atom stereocenters. The van der Waals surface area contributed by atoms with Crippen LogP contribution in [0.5, 0.6) is 0 Å². The first kappa shape index (κ1) is 15.8. The predicted octanol–water partition coefficient (Wildman–Crippen LogP) is 3.77. The van der Waals surface area contributed by atoms with E-state index in [2.05, 4.69) is 24.1 Å². The summed E-state index contributed by atoms with van der Waals surface area (Å²) in [7, 11) is 0. The molecule has 0 amide bonds. The highest BCUT2D eigenvalue weighted by atomic mass is 19.4. The van der Waals surface area contributed by atoms with E-state index in [0.717, 1.165) is 31.3 Å². The van der Waals surface area contributed by atoms with E-state index < -0.39 is 11.7 Å². The van der Waals surface area contributed by atoms with Gasteiger partial charge in [0.15, 0.2) is 0 Å². The van der Waals surface area contributed by atoms with Gasteiger partial charge < -0.3 is 10.2 Å². The number of likely N-dealkylation sites (N-methyl/N-ethyl adjacent to an activating group) is 1. The molecule has 0 bridgehead atoms. The van der Waals surface area contributed by atoms with Crippen LogP contribution in [0.25, 0.3) is 0 Å². The molecule has 0 aliphatic heterocycles. The van der Waals surface area contributed by atoms with Crippen LogP contribution < -0.4 is 5.32 Å². The fraction of sp³-hybridized carbons (Fsp3) is 0.571. The van der Waals surface area contributed by atoms with Crippen molar-refractivity contribution in [2.45, 2.75) is 26.9 Å². The minimum Gasteiger partial charge on any atom is -0.384 e. The molecule has 0 aliphatic rings. The second-order valence-corrected chi connectivity index (χ2v) is 4.48. The number of anilines is 1. The number of aryl methyl sites for hydroxylation is 1. The average Bonchev–Trinajstić information content (AvgIpc) is 2.35. The van der Waals surface area contributed by atoms with Gasteiger partial charge in [0.05, 0.1) is 5.56 Å². The Kier molecular flexibility index (Phi) is 5.66. The van der Waals surface area contributed by atoms with Crippen molar-refractivity contribution in [3.63, 3.8) is 0 Å². The third kappa shape index (κ3) is 4.74. The Bertz CT molecular complexity index is 398. The molecule has 0 aromatic heterocycles. The van der Waals surface area contributed by atoms with Crippen molar-refractivity contribution < 1.29 is 13.2 Å². The quantitative estimate of drug-likeness (QED) is 0.849. The monoisotopic (exact) mass is 274 g/mol. The average molecular weight is 274 g/mol.